The first-order valence-electron chi connectivity index (χ1n) is 4.20. The Balaban J connectivity index is 2.27. The number of aromatic nitrogens is 2. The molecule has 0 spiro atoms. The maximum atomic E-state index is 4.41. The van der Waals surface area contributed by atoms with Crippen molar-refractivity contribution in [2.75, 3.05) is 13.1 Å². The number of aryl methyl sites for hydroxylation is 1. The molecule has 3 nitrogen and oxygen atoms in total. The molecular formula is C9H13N3. The van der Waals surface area contributed by atoms with E-state index >= 15 is 0 Å². The Morgan fingerprint density at radius 1 is 1.75 bits per heavy atom. The van der Waals surface area contributed by atoms with Crippen LogP contribution in [-0.2, 0) is 0 Å². The fourth-order valence-electron chi connectivity index (χ4n) is 1.34. The lowest BCUT2D eigenvalue weighted by molar-refractivity contribution is 0.317. The van der Waals surface area contributed by atoms with Gasteiger partial charge in [0.15, 0.2) is 0 Å². The average Bonchev–Trinajstić information content (AvgIpc) is 2.27. The molecule has 1 saturated heterocycles. The molecule has 1 aromatic rings. The fourth-order valence-corrected chi connectivity index (χ4v) is 1.34. The quantitative estimate of drug-likeness (QED) is 0.704. The zero-order valence-electron chi connectivity index (χ0n) is 7.25. The molecule has 0 radical (unpaired) electrons. The van der Waals surface area contributed by atoms with E-state index < -0.39 is 0 Å². The average molecular weight is 163 g/mol. The minimum absolute atomic E-state index is 0.553. The Bertz CT molecular complexity index is 297. The van der Waals surface area contributed by atoms with Gasteiger partial charge in [0.1, 0.15) is 0 Å². The Morgan fingerprint density at radius 3 is 2.92 bits per heavy atom. The van der Waals surface area contributed by atoms with Crippen LogP contribution in [0.15, 0.2) is 12.8 Å². The van der Waals surface area contributed by atoms with Gasteiger partial charge in [-0.25, -0.2) is 0 Å². The Hall–Kier alpha value is -1.09. The second-order valence-corrected chi connectivity index (χ2v) is 3.17. The first-order valence-corrected chi connectivity index (χ1v) is 4.20. The smallest absolute Gasteiger partial charge is 0.0768 e. The van der Waals surface area contributed by atoms with Gasteiger partial charge in [-0.3, -0.25) is 4.68 Å². The molecular weight excluding hydrogens is 150 g/mol. The summed E-state index contributed by atoms with van der Waals surface area (Å²) >= 11 is 0. The third kappa shape index (κ3) is 1.06. The van der Waals surface area contributed by atoms with Gasteiger partial charge >= 0.3 is 0 Å². The molecule has 12 heavy (non-hydrogen) atoms. The van der Waals surface area contributed by atoms with Crippen LogP contribution in [0.5, 0.6) is 0 Å². The minimum Gasteiger partial charge on any atom is -0.312 e. The van der Waals surface area contributed by atoms with Crippen molar-refractivity contribution in [3.8, 4) is 0 Å². The van der Waals surface area contributed by atoms with Crippen LogP contribution >= 0.6 is 0 Å². The fraction of sp³-hybridized carbons (Fsp3) is 0.444. The first-order chi connectivity index (χ1) is 5.81. The third-order valence-corrected chi connectivity index (χ3v) is 2.31. The molecule has 1 N–H and O–H groups in total. The summed E-state index contributed by atoms with van der Waals surface area (Å²) in [6, 6.07) is 0.553. The normalized spacial score (nSPS) is 17.4. The van der Waals surface area contributed by atoms with Crippen molar-refractivity contribution in [1.82, 2.24) is 15.1 Å². The van der Waals surface area contributed by atoms with Crippen LogP contribution in [0.2, 0.25) is 0 Å². The molecule has 0 aromatic carbocycles. The van der Waals surface area contributed by atoms with Crippen LogP contribution in [-0.4, -0.2) is 22.9 Å². The third-order valence-electron chi connectivity index (χ3n) is 2.31. The van der Waals surface area contributed by atoms with Crippen molar-refractivity contribution < 1.29 is 0 Å². The number of hydrogen-bond donors (Lipinski definition) is 1. The van der Waals surface area contributed by atoms with E-state index in [2.05, 4.69) is 23.2 Å². The summed E-state index contributed by atoms with van der Waals surface area (Å²) in [4.78, 5) is 0. The molecule has 1 aromatic heterocycles. The van der Waals surface area contributed by atoms with Crippen LogP contribution in [0, 0.1) is 6.92 Å². The summed E-state index contributed by atoms with van der Waals surface area (Å²) < 4.78 is 2.03. The molecule has 1 aliphatic rings. The van der Waals surface area contributed by atoms with E-state index in [1.807, 2.05) is 17.7 Å². The summed E-state index contributed by atoms with van der Waals surface area (Å²) in [5, 5.41) is 7.63. The maximum Gasteiger partial charge on any atom is 0.0768 e. The summed E-state index contributed by atoms with van der Waals surface area (Å²) in [5.41, 5.74) is 2.21. The zero-order valence-corrected chi connectivity index (χ0v) is 7.25. The van der Waals surface area contributed by atoms with Gasteiger partial charge in [-0.05, 0) is 6.92 Å². The standard InChI is InChI=1S/C9H13N3/c1-3-8-6-12(11-7(8)2)9-4-10-5-9/h3,6,9-10H,1,4-5H2,2H3. The maximum absolute atomic E-state index is 4.41. The van der Waals surface area contributed by atoms with Crippen molar-refractivity contribution in [3.63, 3.8) is 0 Å². The first kappa shape index (κ1) is 7.55. The van der Waals surface area contributed by atoms with E-state index in [1.165, 1.54) is 0 Å². The van der Waals surface area contributed by atoms with Gasteiger partial charge in [0.05, 0.1) is 11.7 Å². The lowest BCUT2D eigenvalue weighted by Crippen LogP contribution is -2.43. The number of hydrogen-bond acceptors (Lipinski definition) is 2. The lowest BCUT2D eigenvalue weighted by atomic mass is 10.2. The van der Waals surface area contributed by atoms with Crippen LogP contribution in [0.1, 0.15) is 17.3 Å². The highest BCUT2D eigenvalue weighted by Crippen LogP contribution is 2.14. The van der Waals surface area contributed by atoms with Crippen LogP contribution < -0.4 is 5.32 Å². The summed E-state index contributed by atoms with van der Waals surface area (Å²) in [7, 11) is 0. The molecule has 1 aliphatic heterocycles. The second kappa shape index (κ2) is 2.75. The Labute approximate surface area is 72.1 Å². The monoisotopic (exact) mass is 163 g/mol. The largest absolute Gasteiger partial charge is 0.312 e. The highest BCUT2D eigenvalue weighted by atomic mass is 15.3. The number of nitrogens with zero attached hydrogens (tertiary/aromatic N) is 2. The van der Waals surface area contributed by atoms with Crippen LogP contribution in [0.4, 0.5) is 0 Å². The Morgan fingerprint density at radius 2 is 2.50 bits per heavy atom. The molecule has 1 fully saturated rings. The number of rotatable bonds is 2. The van der Waals surface area contributed by atoms with E-state index in [1.54, 1.807) is 0 Å². The molecule has 64 valence electrons. The highest BCUT2D eigenvalue weighted by molar-refractivity contribution is 5.48. The van der Waals surface area contributed by atoms with Gasteiger partial charge in [0.2, 0.25) is 0 Å². The van der Waals surface area contributed by atoms with Crippen molar-refractivity contribution in [2.24, 2.45) is 0 Å². The summed E-state index contributed by atoms with van der Waals surface area (Å²) in [6.07, 6.45) is 3.92. The summed E-state index contributed by atoms with van der Waals surface area (Å²) in [6.45, 7) is 7.83. The molecule has 0 unspecified atom stereocenters. The zero-order chi connectivity index (χ0) is 8.55. The van der Waals surface area contributed by atoms with Gasteiger partial charge in [-0.1, -0.05) is 12.7 Å². The van der Waals surface area contributed by atoms with E-state index in [4.69, 9.17) is 0 Å². The second-order valence-electron chi connectivity index (χ2n) is 3.17. The van der Waals surface area contributed by atoms with Gasteiger partial charge < -0.3 is 5.32 Å². The van der Waals surface area contributed by atoms with Crippen molar-refractivity contribution in [1.29, 1.82) is 0 Å². The molecule has 0 bridgehead atoms. The molecule has 0 saturated carbocycles. The van der Waals surface area contributed by atoms with Gasteiger partial charge in [-0.2, -0.15) is 5.10 Å². The van der Waals surface area contributed by atoms with E-state index in [9.17, 15) is 0 Å². The van der Waals surface area contributed by atoms with E-state index in [0.717, 1.165) is 24.3 Å². The Kier molecular flexibility index (Phi) is 1.73. The molecule has 0 atom stereocenters. The molecule has 0 aliphatic carbocycles. The molecule has 0 amide bonds. The molecule has 2 heterocycles. The van der Waals surface area contributed by atoms with Crippen LogP contribution in [0.25, 0.3) is 6.08 Å². The molecule has 3 heteroatoms. The SMILES string of the molecule is C=Cc1cn(C2CNC2)nc1C. The van der Waals surface area contributed by atoms with E-state index in [0.29, 0.717) is 6.04 Å². The summed E-state index contributed by atoms with van der Waals surface area (Å²) in [5.74, 6) is 0. The minimum atomic E-state index is 0.553. The number of nitrogens with one attached hydrogen (secondary N) is 1. The van der Waals surface area contributed by atoms with Crippen LogP contribution in [0.3, 0.4) is 0 Å². The van der Waals surface area contributed by atoms with E-state index in [-0.39, 0.29) is 0 Å². The van der Waals surface area contributed by atoms with Gasteiger partial charge in [0.25, 0.3) is 0 Å². The predicted octanol–water partition coefficient (Wildman–Crippen LogP) is 0.979. The predicted molar refractivity (Wildman–Crippen MR) is 49.0 cm³/mol. The lowest BCUT2D eigenvalue weighted by Gasteiger charge is -2.27. The molecule has 2 rings (SSSR count). The highest BCUT2D eigenvalue weighted by Gasteiger charge is 2.19. The van der Waals surface area contributed by atoms with Crippen molar-refractivity contribution >= 4 is 6.08 Å². The van der Waals surface area contributed by atoms with Crippen molar-refractivity contribution in [3.05, 3.63) is 24.0 Å². The topological polar surface area (TPSA) is 29.9 Å². The van der Waals surface area contributed by atoms with Gasteiger partial charge in [0, 0.05) is 24.8 Å². The van der Waals surface area contributed by atoms with Gasteiger partial charge in [-0.15, -0.1) is 0 Å². The van der Waals surface area contributed by atoms with Crippen molar-refractivity contribution in [2.45, 2.75) is 13.0 Å².